The summed E-state index contributed by atoms with van der Waals surface area (Å²) in [6, 6.07) is 3.74. The van der Waals surface area contributed by atoms with Crippen LogP contribution < -0.4 is 15.2 Å². The lowest BCUT2D eigenvalue weighted by Crippen LogP contribution is -2.39. The molecular weight excluding hydrogens is 514 g/mol. The molecule has 40 heavy (non-hydrogen) atoms. The maximum Gasteiger partial charge on any atom is 0.323 e. The summed E-state index contributed by atoms with van der Waals surface area (Å²) >= 11 is 0. The monoisotopic (exact) mass is 563 g/mol. The van der Waals surface area contributed by atoms with E-state index in [1.54, 1.807) is 45.9 Å². The van der Waals surface area contributed by atoms with Crippen LogP contribution in [0.25, 0.3) is 0 Å². The normalized spacial score (nSPS) is 14.9. The molecule has 2 unspecified atom stereocenters. The average Bonchev–Trinajstić information content (AvgIpc) is 2.88. The molecule has 0 saturated carbocycles. The molecule has 0 aliphatic heterocycles. The van der Waals surface area contributed by atoms with Gasteiger partial charge in [-0.2, -0.15) is 0 Å². The molecular formula is C31H49NO8. The topological polar surface area (TPSA) is 131 Å². The summed E-state index contributed by atoms with van der Waals surface area (Å²) < 4.78 is 22.0. The Morgan fingerprint density at radius 1 is 0.725 bits per heavy atom. The first-order valence-corrected chi connectivity index (χ1v) is 14.5. The van der Waals surface area contributed by atoms with Gasteiger partial charge in [0.15, 0.2) is 11.5 Å². The molecule has 0 spiro atoms. The fourth-order valence-electron chi connectivity index (χ4n) is 3.84. The van der Waals surface area contributed by atoms with E-state index < -0.39 is 36.2 Å². The minimum atomic E-state index is -1.02. The van der Waals surface area contributed by atoms with E-state index in [2.05, 4.69) is 0 Å². The zero-order valence-electron chi connectivity index (χ0n) is 25.5. The lowest BCUT2D eigenvalue weighted by Gasteiger charge is -2.23. The molecule has 226 valence electrons. The highest BCUT2D eigenvalue weighted by atomic mass is 16.6. The highest BCUT2D eigenvalue weighted by Gasteiger charge is 2.26. The highest BCUT2D eigenvalue weighted by molar-refractivity contribution is 5.79. The number of rotatable bonds is 17. The summed E-state index contributed by atoms with van der Waals surface area (Å²) in [6.45, 7) is 14.9. The van der Waals surface area contributed by atoms with Gasteiger partial charge < -0.3 is 24.7 Å². The standard InChI is InChI=1S/C31H49NO8/c1-9-11-20(5)29(34)39-26-15-14-24(18-27(26)40-30(35)21(6)12-10-2)17-25(32)31(36)38-23(8)22(7)37-28(33)16-13-19(3)4/h14-15,18-23,25H,9-13,16-17,32H2,1-8H3/t20?,21?,22-,23-,25-/m0/s1. The summed E-state index contributed by atoms with van der Waals surface area (Å²) in [5.74, 6) is -1.89. The summed E-state index contributed by atoms with van der Waals surface area (Å²) in [5, 5.41) is 0. The summed E-state index contributed by atoms with van der Waals surface area (Å²) in [7, 11) is 0. The van der Waals surface area contributed by atoms with Crippen molar-refractivity contribution in [1.82, 2.24) is 0 Å². The van der Waals surface area contributed by atoms with Gasteiger partial charge in [-0.05, 0) is 63.1 Å². The van der Waals surface area contributed by atoms with Crippen molar-refractivity contribution < 1.29 is 38.1 Å². The van der Waals surface area contributed by atoms with Crippen LogP contribution in [-0.2, 0) is 35.1 Å². The number of esters is 4. The zero-order valence-corrected chi connectivity index (χ0v) is 25.5. The van der Waals surface area contributed by atoms with Gasteiger partial charge in [0, 0.05) is 6.42 Å². The Morgan fingerprint density at radius 3 is 1.77 bits per heavy atom. The molecule has 9 nitrogen and oxygen atoms in total. The van der Waals surface area contributed by atoms with Gasteiger partial charge >= 0.3 is 23.9 Å². The quantitative estimate of drug-likeness (QED) is 0.192. The Labute approximate surface area is 239 Å². The molecule has 5 atom stereocenters. The van der Waals surface area contributed by atoms with E-state index in [1.165, 1.54) is 0 Å². The largest absolute Gasteiger partial charge is 0.459 e. The lowest BCUT2D eigenvalue weighted by atomic mass is 10.0. The van der Waals surface area contributed by atoms with E-state index in [-0.39, 0.29) is 35.7 Å². The second kappa shape index (κ2) is 17.7. The third-order valence-corrected chi connectivity index (χ3v) is 6.64. The molecule has 0 fully saturated rings. The van der Waals surface area contributed by atoms with Crippen LogP contribution in [0.2, 0.25) is 0 Å². The molecule has 0 amide bonds. The Balaban J connectivity index is 2.95. The zero-order chi connectivity index (χ0) is 30.4. The second-order valence-electron chi connectivity index (χ2n) is 11.1. The Bertz CT molecular complexity index is 976. The summed E-state index contributed by atoms with van der Waals surface area (Å²) in [6.07, 6.45) is 2.76. The van der Waals surface area contributed by atoms with Crippen LogP contribution in [0.5, 0.6) is 11.5 Å². The first kappa shape index (κ1) is 35.1. The van der Waals surface area contributed by atoms with Crippen LogP contribution in [0, 0.1) is 17.8 Å². The minimum Gasteiger partial charge on any atom is -0.459 e. The van der Waals surface area contributed by atoms with Gasteiger partial charge in [0.05, 0.1) is 11.8 Å². The van der Waals surface area contributed by atoms with Crippen molar-refractivity contribution >= 4 is 23.9 Å². The first-order chi connectivity index (χ1) is 18.8. The van der Waals surface area contributed by atoms with Crippen LogP contribution in [0.3, 0.4) is 0 Å². The van der Waals surface area contributed by atoms with Crippen molar-refractivity contribution in [3.05, 3.63) is 23.8 Å². The number of benzene rings is 1. The van der Waals surface area contributed by atoms with E-state index >= 15 is 0 Å². The lowest BCUT2D eigenvalue weighted by molar-refractivity contribution is -0.166. The van der Waals surface area contributed by atoms with Crippen LogP contribution in [0.1, 0.15) is 99.5 Å². The fourth-order valence-corrected chi connectivity index (χ4v) is 3.84. The minimum absolute atomic E-state index is 0.0869. The van der Waals surface area contributed by atoms with E-state index in [1.807, 2.05) is 27.7 Å². The molecule has 0 aliphatic carbocycles. The SMILES string of the molecule is CCCC(C)C(=O)Oc1ccc(C[C@H](N)C(=O)O[C@@H](C)[C@H](C)OC(=O)CCC(C)C)cc1OC(=O)C(C)CCC. The average molecular weight is 564 g/mol. The molecule has 2 N–H and O–H groups in total. The fraction of sp³-hybridized carbons (Fsp3) is 0.677. The predicted octanol–water partition coefficient (Wildman–Crippen LogP) is 5.54. The van der Waals surface area contributed by atoms with Crippen molar-refractivity contribution in [2.24, 2.45) is 23.5 Å². The number of ether oxygens (including phenoxy) is 4. The van der Waals surface area contributed by atoms with Gasteiger partial charge in [-0.3, -0.25) is 19.2 Å². The number of carbonyl (C=O) groups is 4. The highest BCUT2D eigenvalue weighted by Crippen LogP contribution is 2.31. The molecule has 0 aliphatic rings. The maximum atomic E-state index is 12.7. The third-order valence-electron chi connectivity index (χ3n) is 6.64. The first-order valence-electron chi connectivity index (χ1n) is 14.5. The second-order valence-corrected chi connectivity index (χ2v) is 11.1. The third kappa shape index (κ3) is 12.5. The van der Waals surface area contributed by atoms with Gasteiger partial charge in [0.2, 0.25) is 0 Å². The van der Waals surface area contributed by atoms with Gasteiger partial charge in [-0.1, -0.05) is 60.5 Å². The van der Waals surface area contributed by atoms with Crippen molar-refractivity contribution in [2.75, 3.05) is 0 Å². The molecule has 0 radical (unpaired) electrons. The van der Waals surface area contributed by atoms with Gasteiger partial charge in [-0.25, -0.2) is 0 Å². The van der Waals surface area contributed by atoms with Crippen molar-refractivity contribution in [1.29, 1.82) is 0 Å². The summed E-state index contributed by atoms with van der Waals surface area (Å²) in [4.78, 5) is 49.9. The van der Waals surface area contributed by atoms with Crippen molar-refractivity contribution in [3.63, 3.8) is 0 Å². The molecule has 1 aromatic rings. The smallest absolute Gasteiger partial charge is 0.323 e. The predicted molar refractivity (Wildman–Crippen MR) is 153 cm³/mol. The van der Waals surface area contributed by atoms with Crippen molar-refractivity contribution in [3.8, 4) is 11.5 Å². The Morgan fingerprint density at radius 2 is 1.25 bits per heavy atom. The van der Waals surface area contributed by atoms with E-state index in [0.717, 1.165) is 19.3 Å². The summed E-state index contributed by atoms with van der Waals surface area (Å²) in [5.41, 5.74) is 6.73. The molecule has 0 bridgehead atoms. The van der Waals surface area contributed by atoms with Gasteiger partial charge in [0.25, 0.3) is 0 Å². The van der Waals surface area contributed by atoms with Crippen LogP contribution in [0.4, 0.5) is 0 Å². The molecule has 0 saturated heterocycles. The van der Waals surface area contributed by atoms with E-state index in [4.69, 9.17) is 24.7 Å². The molecule has 1 aromatic carbocycles. The number of nitrogens with two attached hydrogens (primary N) is 1. The van der Waals surface area contributed by atoms with E-state index in [9.17, 15) is 19.2 Å². The van der Waals surface area contributed by atoms with Gasteiger partial charge in [-0.15, -0.1) is 0 Å². The molecule has 1 rings (SSSR count). The maximum absolute atomic E-state index is 12.7. The van der Waals surface area contributed by atoms with Crippen LogP contribution in [-0.4, -0.2) is 42.1 Å². The van der Waals surface area contributed by atoms with E-state index in [0.29, 0.717) is 30.7 Å². The molecule has 0 heterocycles. The van der Waals surface area contributed by atoms with Crippen LogP contribution >= 0.6 is 0 Å². The van der Waals surface area contributed by atoms with Gasteiger partial charge in [0.1, 0.15) is 18.2 Å². The van der Waals surface area contributed by atoms with Crippen LogP contribution in [0.15, 0.2) is 18.2 Å². The Kier molecular flexibility index (Phi) is 15.5. The number of hydrogen-bond acceptors (Lipinski definition) is 9. The number of carbonyl (C=O) groups excluding carboxylic acids is 4. The Hall–Kier alpha value is -2.94. The number of hydrogen-bond donors (Lipinski definition) is 1. The van der Waals surface area contributed by atoms with Crippen molar-refractivity contribution in [2.45, 2.75) is 119 Å². The molecule has 9 heteroatoms. The molecule has 0 aromatic heterocycles.